The molecule has 2 aliphatic rings. The minimum absolute atomic E-state index is 0.0941. The molecule has 0 saturated carbocycles. The number of nitrogens with zero attached hydrogens (tertiary/aromatic N) is 3. The van der Waals surface area contributed by atoms with Crippen molar-refractivity contribution < 1.29 is 14.0 Å². The lowest BCUT2D eigenvalue weighted by Crippen LogP contribution is -2.61. The van der Waals surface area contributed by atoms with E-state index in [2.05, 4.69) is 17.1 Å². The second kappa shape index (κ2) is 7.18. The first-order valence-electron chi connectivity index (χ1n) is 9.67. The molecule has 0 aliphatic carbocycles. The maximum absolute atomic E-state index is 13.4. The normalized spacial score (nSPS) is 22.6. The molecule has 1 atom stereocenters. The molecule has 2 aromatic rings. The summed E-state index contributed by atoms with van der Waals surface area (Å²) < 4.78 is 5.20. The molecule has 1 unspecified atom stereocenters. The van der Waals surface area contributed by atoms with E-state index in [0.717, 1.165) is 38.6 Å². The molecular weight excluding hydrogens is 342 g/mol. The van der Waals surface area contributed by atoms with Crippen molar-refractivity contribution >= 4 is 11.8 Å². The fourth-order valence-corrected chi connectivity index (χ4v) is 4.48. The number of oxazole rings is 1. The average Bonchev–Trinajstić information content (AvgIpc) is 3.30. The number of hydrogen-bond acceptors (Lipinski definition) is 4. The van der Waals surface area contributed by atoms with E-state index in [9.17, 15) is 9.59 Å². The van der Waals surface area contributed by atoms with E-state index in [4.69, 9.17) is 4.42 Å². The first kappa shape index (κ1) is 17.8. The zero-order valence-electron chi connectivity index (χ0n) is 15.7. The summed E-state index contributed by atoms with van der Waals surface area (Å²) in [5.74, 6) is 0.417. The number of carbonyl (C=O) groups is 2. The minimum Gasteiger partial charge on any atom is -0.448 e. The Morgan fingerprint density at radius 2 is 1.93 bits per heavy atom. The van der Waals surface area contributed by atoms with E-state index in [0.29, 0.717) is 24.5 Å². The Balaban J connectivity index is 1.53. The molecule has 1 aromatic carbocycles. The Kier molecular flexibility index (Phi) is 4.72. The molecule has 1 aromatic heterocycles. The van der Waals surface area contributed by atoms with E-state index in [1.54, 1.807) is 11.8 Å². The van der Waals surface area contributed by atoms with Crippen molar-refractivity contribution in [2.75, 3.05) is 19.6 Å². The Morgan fingerprint density at radius 1 is 1.19 bits per heavy atom. The second-order valence-electron chi connectivity index (χ2n) is 7.48. The number of benzene rings is 1. The third kappa shape index (κ3) is 3.13. The largest absolute Gasteiger partial charge is 0.448 e. The van der Waals surface area contributed by atoms with Crippen LogP contribution in [0.5, 0.6) is 0 Å². The summed E-state index contributed by atoms with van der Waals surface area (Å²) in [6, 6.07) is 10.2. The molecule has 2 amide bonds. The van der Waals surface area contributed by atoms with Gasteiger partial charge in [-0.15, -0.1) is 0 Å². The monoisotopic (exact) mass is 367 g/mol. The zero-order chi connectivity index (χ0) is 18.9. The number of aryl methyl sites for hydroxylation is 1. The van der Waals surface area contributed by atoms with Gasteiger partial charge in [-0.1, -0.05) is 30.3 Å². The highest BCUT2D eigenvalue weighted by atomic mass is 16.3. The van der Waals surface area contributed by atoms with Crippen LogP contribution >= 0.6 is 0 Å². The second-order valence-corrected chi connectivity index (χ2v) is 7.48. The van der Waals surface area contributed by atoms with Gasteiger partial charge in [0.1, 0.15) is 11.3 Å². The molecule has 0 radical (unpaired) electrons. The lowest BCUT2D eigenvalue weighted by atomic mass is 9.85. The first-order chi connectivity index (χ1) is 13.1. The fourth-order valence-electron chi connectivity index (χ4n) is 4.48. The van der Waals surface area contributed by atoms with Crippen LogP contribution in [0.4, 0.5) is 0 Å². The molecule has 142 valence electrons. The van der Waals surface area contributed by atoms with Crippen molar-refractivity contribution in [1.82, 2.24) is 14.8 Å². The predicted octanol–water partition coefficient (Wildman–Crippen LogP) is 2.82. The number of hydrogen-bond donors (Lipinski definition) is 0. The van der Waals surface area contributed by atoms with Gasteiger partial charge in [-0.05, 0) is 44.6 Å². The Labute approximate surface area is 159 Å². The molecule has 2 aliphatic heterocycles. The number of piperidine rings is 1. The van der Waals surface area contributed by atoms with Crippen molar-refractivity contribution in [1.29, 1.82) is 0 Å². The summed E-state index contributed by atoms with van der Waals surface area (Å²) in [5.41, 5.74) is 0.838. The minimum atomic E-state index is -0.711. The molecule has 2 fully saturated rings. The summed E-state index contributed by atoms with van der Waals surface area (Å²) in [4.78, 5) is 34.3. The number of rotatable bonds is 4. The van der Waals surface area contributed by atoms with Crippen LogP contribution in [0.2, 0.25) is 0 Å². The molecule has 3 heterocycles. The summed E-state index contributed by atoms with van der Waals surface area (Å²) in [5, 5.41) is 0. The van der Waals surface area contributed by atoms with Crippen LogP contribution in [-0.4, -0.2) is 51.8 Å². The molecule has 2 saturated heterocycles. The summed E-state index contributed by atoms with van der Waals surface area (Å²) >= 11 is 0. The lowest BCUT2D eigenvalue weighted by molar-refractivity contribution is -0.145. The van der Waals surface area contributed by atoms with Gasteiger partial charge in [0.05, 0.1) is 0 Å². The van der Waals surface area contributed by atoms with Crippen molar-refractivity contribution in [3.05, 3.63) is 53.7 Å². The number of likely N-dealkylation sites (tertiary alicyclic amines) is 2. The van der Waals surface area contributed by atoms with Gasteiger partial charge in [0.2, 0.25) is 5.91 Å². The van der Waals surface area contributed by atoms with E-state index in [1.807, 2.05) is 23.1 Å². The number of aromatic nitrogens is 1. The van der Waals surface area contributed by atoms with Gasteiger partial charge in [0.15, 0.2) is 12.1 Å². The lowest BCUT2D eigenvalue weighted by Gasteiger charge is -2.44. The van der Waals surface area contributed by atoms with Gasteiger partial charge in [0, 0.05) is 19.6 Å². The third-order valence-corrected chi connectivity index (χ3v) is 5.90. The molecule has 6 heteroatoms. The molecule has 1 spiro atoms. The van der Waals surface area contributed by atoms with E-state index in [1.165, 1.54) is 12.0 Å². The summed E-state index contributed by atoms with van der Waals surface area (Å²) in [6.45, 7) is 3.79. The molecular formula is C21H25N3O3. The molecule has 6 nitrogen and oxygen atoms in total. The van der Waals surface area contributed by atoms with Crippen LogP contribution in [-0.2, 0) is 11.2 Å². The Bertz CT molecular complexity index is 832. The van der Waals surface area contributed by atoms with Crippen LogP contribution in [0, 0.1) is 6.92 Å². The van der Waals surface area contributed by atoms with Crippen molar-refractivity contribution in [3.8, 4) is 0 Å². The highest BCUT2D eigenvalue weighted by molar-refractivity contribution is 5.99. The number of amides is 2. The van der Waals surface area contributed by atoms with Gasteiger partial charge in [-0.2, -0.15) is 0 Å². The average molecular weight is 367 g/mol. The van der Waals surface area contributed by atoms with Gasteiger partial charge in [0.25, 0.3) is 5.91 Å². The fraction of sp³-hybridized carbons (Fsp3) is 0.476. The topological polar surface area (TPSA) is 66.7 Å². The van der Waals surface area contributed by atoms with Gasteiger partial charge >= 0.3 is 0 Å². The van der Waals surface area contributed by atoms with Crippen LogP contribution in [0.25, 0.3) is 0 Å². The summed E-state index contributed by atoms with van der Waals surface area (Å²) in [6.07, 6.45) is 5.36. The van der Waals surface area contributed by atoms with Crippen LogP contribution in [0.15, 0.2) is 41.1 Å². The maximum atomic E-state index is 13.4. The predicted molar refractivity (Wildman–Crippen MR) is 100 cm³/mol. The van der Waals surface area contributed by atoms with Crippen LogP contribution in [0.3, 0.4) is 0 Å². The smallest absolute Gasteiger partial charge is 0.276 e. The third-order valence-electron chi connectivity index (χ3n) is 5.90. The maximum Gasteiger partial charge on any atom is 0.276 e. The molecule has 0 N–H and O–H groups in total. The first-order valence-corrected chi connectivity index (χ1v) is 9.67. The summed E-state index contributed by atoms with van der Waals surface area (Å²) in [7, 11) is 0. The highest BCUT2D eigenvalue weighted by Crippen LogP contribution is 2.39. The molecule has 0 bridgehead atoms. The van der Waals surface area contributed by atoms with Crippen molar-refractivity contribution in [3.63, 3.8) is 0 Å². The highest BCUT2D eigenvalue weighted by Gasteiger charge is 2.53. The van der Waals surface area contributed by atoms with Gasteiger partial charge < -0.3 is 14.2 Å². The van der Waals surface area contributed by atoms with Crippen molar-refractivity contribution in [2.45, 2.75) is 44.6 Å². The van der Waals surface area contributed by atoms with Crippen LogP contribution < -0.4 is 0 Å². The van der Waals surface area contributed by atoms with Crippen LogP contribution in [0.1, 0.15) is 47.5 Å². The quantitative estimate of drug-likeness (QED) is 0.833. The van der Waals surface area contributed by atoms with E-state index >= 15 is 0 Å². The van der Waals surface area contributed by atoms with Gasteiger partial charge in [-0.3, -0.25) is 9.59 Å². The molecule has 4 rings (SSSR count). The zero-order valence-corrected chi connectivity index (χ0v) is 15.7. The van der Waals surface area contributed by atoms with E-state index in [-0.39, 0.29) is 11.8 Å². The number of carbonyl (C=O) groups excluding carboxylic acids is 2. The SMILES string of the molecule is Cc1ocnc1C(=O)N1CCCC12CCCN(CCc1ccccc1)C2=O. The van der Waals surface area contributed by atoms with E-state index < -0.39 is 5.54 Å². The Hall–Kier alpha value is -2.63. The van der Waals surface area contributed by atoms with Gasteiger partial charge in [-0.25, -0.2) is 4.98 Å². The Morgan fingerprint density at radius 3 is 2.63 bits per heavy atom. The van der Waals surface area contributed by atoms with Crippen molar-refractivity contribution in [2.24, 2.45) is 0 Å². The molecule has 27 heavy (non-hydrogen) atoms. The standard InChI is InChI=1S/C21H25N3O3/c1-16-18(22-15-27-16)19(25)24-13-6-11-21(24)10-5-12-23(20(21)26)14-9-17-7-3-2-4-8-17/h2-4,7-8,15H,5-6,9-14H2,1H3.